The van der Waals surface area contributed by atoms with Gasteiger partial charge in [-0.1, -0.05) is 5.16 Å². The Hall–Kier alpha value is -1.29. The van der Waals surface area contributed by atoms with Gasteiger partial charge in [0.2, 0.25) is 15.9 Å². The number of thiophene rings is 1. The van der Waals surface area contributed by atoms with E-state index in [1.165, 1.54) is 6.07 Å². The second-order valence-corrected chi connectivity index (χ2v) is 6.91. The van der Waals surface area contributed by atoms with E-state index in [1.54, 1.807) is 13.0 Å². The summed E-state index contributed by atoms with van der Waals surface area (Å²) in [5, 5.41) is 12.4. The van der Waals surface area contributed by atoms with Crippen molar-refractivity contribution in [2.45, 2.75) is 24.1 Å². The molecule has 2 heterocycles. The van der Waals surface area contributed by atoms with Crippen molar-refractivity contribution in [1.82, 2.24) is 14.9 Å². The minimum absolute atomic E-state index is 0.00440. The molecule has 104 valence electrons. The van der Waals surface area contributed by atoms with Crippen molar-refractivity contribution in [3.8, 4) is 0 Å². The third-order valence-corrected chi connectivity index (χ3v) is 5.29. The zero-order valence-corrected chi connectivity index (χ0v) is 11.8. The Kier molecular flexibility index (Phi) is 4.30. The first-order chi connectivity index (χ1) is 9.01. The van der Waals surface area contributed by atoms with Crippen LogP contribution >= 0.6 is 11.3 Å². The molecule has 0 saturated carbocycles. The molecule has 0 radical (unpaired) electrons. The van der Waals surface area contributed by atoms with Gasteiger partial charge < -0.3 is 9.63 Å². The molecule has 7 nitrogen and oxygen atoms in total. The summed E-state index contributed by atoms with van der Waals surface area (Å²) in [6.45, 7) is 1.61. The lowest BCUT2D eigenvalue weighted by atomic mass is 10.4. The first-order valence-corrected chi connectivity index (χ1v) is 7.79. The van der Waals surface area contributed by atoms with Crippen LogP contribution in [0.2, 0.25) is 0 Å². The molecule has 2 aromatic heterocycles. The number of aryl methyl sites for hydroxylation is 1. The summed E-state index contributed by atoms with van der Waals surface area (Å²) in [5.74, 6) is 0.670. The van der Waals surface area contributed by atoms with E-state index >= 15 is 0 Å². The quantitative estimate of drug-likeness (QED) is 0.803. The minimum atomic E-state index is -3.58. The highest BCUT2D eigenvalue weighted by molar-refractivity contribution is 7.91. The lowest BCUT2D eigenvalue weighted by Crippen LogP contribution is -2.23. The number of hydrogen-bond donors (Lipinski definition) is 2. The topological polar surface area (TPSA) is 105 Å². The molecule has 0 saturated heterocycles. The van der Waals surface area contributed by atoms with Gasteiger partial charge in [0.15, 0.2) is 5.82 Å². The van der Waals surface area contributed by atoms with E-state index in [4.69, 9.17) is 9.63 Å². The number of rotatable bonds is 6. The fourth-order valence-electron chi connectivity index (χ4n) is 1.39. The van der Waals surface area contributed by atoms with Gasteiger partial charge in [0.1, 0.15) is 4.21 Å². The predicted octanol–water partition coefficient (Wildman–Crippen LogP) is 0.453. The van der Waals surface area contributed by atoms with Crippen molar-refractivity contribution >= 4 is 21.4 Å². The Morgan fingerprint density at radius 2 is 2.26 bits per heavy atom. The Morgan fingerprint density at radius 3 is 2.89 bits per heavy atom. The molecule has 0 aliphatic carbocycles. The molecule has 0 amide bonds. The zero-order chi connectivity index (χ0) is 13.9. The number of aliphatic hydroxyl groups excluding tert-OH is 1. The van der Waals surface area contributed by atoms with Crippen LogP contribution in [-0.2, 0) is 23.0 Å². The summed E-state index contributed by atoms with van der Waals surface area (Å²) in [4.78, 5) is 4.73. The highest BCUT2D eigenvalue weighted by Crippen LogP contribution is 2.21. The van der Waals surface area contributed by atoms with Gasteiger partial charge in [-0.3, -0.25) is 0 Å². The number of nitrogens with one attached hydrogen (secondary N) is 1. The SMILES string of the molecule is Cc1nc(CNS(=O)(=O)c2ccc(CCO)s2)no1. The molecule has 19 heavy (non-hydrogen) atoms. The van der Waals surface area contributed by atoms with Crippen LogP contribution < -0.4 is 4.72 Å². The average Bonchev–Trinajstić information content (AvgIpc) is 2.97. The average molecular weight is 303 g/mol. The van der Waals surface area contributed by atoms with Crippen LogP contribution in [-0.4, -0.2) is 30.3 Å². The number of aliphatic hydroxyl groups is 1. The van der Waals surface area contributed by atoms with Crippen LogP contribution in [0, 0.1) is 6.92 Å². The molecular formula is C10H13N3O4S2. The molecule has 0 atom stereocenters. The van der Waals surface area contributed by atoms with Gasteiger partial charge in [-0.05, 0) is 12.1 Å². The van der Waals surface area contributed by atoms with Gasteiger partial charge in [0.25, 0.3) is 0 Å². The normalized spacial score (nSPS) is 11.9. The Bertz CT molecular complexity index is 647. The van der Waals surface area contributed by atoms with Crippen LogP contribution in [0.3, 0.4) is 0 Å². The summed E-state index contributed by atoms with van der Waals surface area (Å²) in [6, 6.07) is 3.20. The molecule has 2 rings (SSSR count). The Labute approximate surface area is 114 Å². The predicted molar refractivity (Wildman–Crippen MR) is 68.2 cm³/mol. The van der Waals surface area contributed by atoms with Crippen LogP contribution in [0.15, 0.2) is 20.9 Å². The highest BCUT2D eigenvalue weighted by Gasteiger charge is 2.17. The van der Waals surface area contributed by atoms with E-state index in [0.717, 1.165) is 16.2 Å². The fraction of sp³-hybridized carbons (Fsp3) is 0.400. The van der Waals surface area contributed by atoms with E-state index in [1.807, 2.05) is 0 Å². The molecule has 0 aliphatic heterocycles. The van der Waals surface area contributed by atoms with Crippen molar-refractivity contribution < 1.29 is 18.0 Å². The van der Waals surface area contributed by atoms with Gasteiger partial charge >= 0.3 is 0 Å². The third-order valence-electron chi connectivity index (χ3n) is 2.25. The second-order valence-electron chi connectivity index (χ2n) is 3.75. The van der Waals surface area contributed by atoms with Gasteiger partial charge in [0, 0.05) is 24.8 Å². The molecule has 0 unspecified atom stereocenters. The van der Waals surface area contributed by atoms with Gasteiger partial charge in [-0.2, -0.15) is 4.98 Å². The number of sulfonamides is 1. The largest absolute Gasteiger partial charge is 0.396 e. The summed E-state index contributed by atoms with van der Waals surface area (Å²) in [5.41, 5.74) is 0. The molecule has 0 aliphatic rings. The summed E-state index contributed by atoms with van der Waals surface area (Å²) >= 11 is 1.13. The highest BCUT2D eigenvalue weighted by atomic mass is 32.2. The molecule has 0 spiro atoms. The van der Waals surface area contributed by atoms with E-state index < -0.39 is 10.0 Å². The Balaban J connectivity index is 2.04. The van der Waals surface area contributed by atoms with E-state index in [9.17, 15) is 8.42 Å². The maximum absolute atomic E-state index is 12.0. The van der Waals surface area contributed by atoms with Crippen molar-refractivity contribution in [3.63, 3.8) is 0 Å². The van der Waals surface area contributed by atoms with Crippen molar-refractivity contribution in [3.05, 3.63) is 28.7 Å². The number of aromatic nitrogens is 2. The molecule has 2 aromatic rings. The smallest absolute Gasteiger partial charge is 0.250 e. The third kappa shape index (κ3) is 3.60. The van der Waals surface area contributed by atoms with Gasteiger partial charge in [-0.15, -0.1) is 11.3 Å². The molecular weight excluding hydrogens is 290 g/mol. The van der Waals surface area contributed by atoms with E-state index in [2.05, 4.69) is 14.9 Å². The lowest BCUT2D eigenvalue weighted by molar-refractivity contribution is 0.300. The van der Waals surface area contributed by atoms with Gasteiger partial charge in [0.05, 0.1) is 6.54 Å². The standard InChI is InChI=1S/C10H13N3O4S2/c1-7-12-9(13-17-7)6-11-19(15,16)10-3-2-8(18-10)4-5-14/h2-3,11,14H,4-6H2,1H3. The number of nitrogens with zero attached hydrogens (tertiary/aromatic N) is 2. The molecule has 9 heteroatoms. The summed E-state index contributed by atoms with van der Waals surface area (Å²) in [6.07, 6.45) is 0.449. The zero-order valence-electron chi connectivity index (χ0n) is 10.2. The fourth-order valence-corrected chi connectivity index (χ4v) is 3.76. The Morgan fingerprint density at radius 1 is 1.47 bits per heavy atom. The summed E-state index contributed by atoms with van der Waals surface area (Å²) in [7, 11) is -3.58. The van der Waals surface area contributed by atoms with E-state index in [0.29, 0.717) is 12.3 Å². The maximum atomic E-state index is 12.0. The van der Waals surface area contributed by atoms with Crippen LogP contribution in [0.5, 0.6) is 0 Å². The van der Waals surface area contributed by atoms with Crippen molar-refractivity contribution in [2.24, 2.45) is 0 Å². The van der Waals surface area contributed by atoms with Crippen LogP contribution in [0.4, 0.5) is 0 Å². The van der Waals surface area contributed by atoms with Crippen LogP contribution in [0.25, 0.3) is 0 Å². The number of hydrogen-bond acceptors (Lipinski definition) is 7. The monoisotopic (exact) mass is 303 g/mol. The summed E-state index contributed by atoms with van der Waals surface area (Å²) < 4.78 is 31.3. The maximum Gasteiger partial charge on any atom is 0.250 e. The molecule has 0 bridgehead atoms. The minimum Gasteiger partial charge on any atom is -0.396 e. The molecule has 0 fully saturated rings. The second kappa shape index (κ2) is 5.78. The molecule has 0 aromatic carbocycles. The van der Waals surface area contributed by atoms with Crippen LogP contribution in [0.1, 0.15) is 16.6 Å². The van der Waals surface area contributed by atoms with Crippen molar-refractivity contribution in [1.29, 1.82) is 0 Å². The van der Waals surface area contributed by atoms with E-state index in [-0.39, 0.29) is 23.2 Å². The first kappa shape index (κ1) is 14.1. The lowest BCUT2D eigenvalue weighted by Gasteiger charge is -2.01. The van der Waals surface area contributed by atoms with Gasteiger partial charge in [-0.25, -0.2) is 13.1 Å². The first-order valence-electron chi connectivity index (χ1n) is 5.49. The van der Waals surface area contributed by atoms with Crippen molar-refractivity contribution in [2.75, 3.05) is 6.61 Å². The molecule has 2 N–H and O–H groups in total.